The number of carbonyl (C=O) groups is 2. The third kappa shape index (κ3) is 6.92. The molecule has 5 rings (SSSR count). The predicted octanol–water partition coefficient (Wildman–Crippen LogP) is 2.97. The maximum Gasteiger partial charge on any atom is 0.409 e. The fourth-order valence-electron chi connectivity index (χ4n) is 5.88. The van der Waals surface area contributed by atoms with Gasteiger partial charge in [-0.1, -0.05) is 11.6 Å². The van der Waals surface area contributed by atoms with Gasteiger partial charge in [0.2, 0.25) is 10.0 Å². The molecule has 7 N–H and O–H groups in total. The number of nitrogens with two attached hydrogens (primary N) is 3. The number of H-pyrrole nitrogens is 1. The molecule has 0 radical (unpaired) electrons. The Balaban J connectivity index is 1.42. The molecular formula is C28H33ClN8O5S. The van der Waals surface area contributed by atoms with E-state index in [1.54, 1.807) is 53.4 Å². The molecule has 2 atom stereocenters. The first-order chi connectivity index (χ1) is 20.4. The first kappa shape index (κ1) is 30.3. The van der Waals surface area contributed by atoms with E-state index in [0.717, 1.165) is 0 Å². The Morgan fingerprint density at radius 1 is 1.02 bits per heavy atom. The van der Waals surface area contributed by atoms with Crippen LogP contribution in [0, 0.1) is 11.8 Å². The zero-order valence-electron chi connectivity index (χ0n) is 23.4. The molecule has 3 aromatic rings. The summed E-state index contributed by atoms with van der Waals surface area (Å²) in [6.07, 6.45) is 2.37. The molecule has 1 aromatic heterocycles. The van der Waals surface area contributed by atoms with Crippen LogP contribution in [0.1, 0.15) is 41.5 Å². The zero-order valence-corrected chi connectivity index (χ0v) is 25.0. The number of hydrogen-bond acceptors (Lipinski definition) is 7. The van der Waals surface area contributed by atoms with Crippen molar-refractivity contribution < 1.29 is 22.7 Å². The number of aromatic nitrogens is 2. The van der Waals surface area contributed by atoms with Gasteiger partial charge < -0.3 is 31.8 Å². The Morgan fingerprint density at radius 3 is 2.26 bits per heavy atom. The lowest BCUT2D eigenvalue weighted by molar-refractivity contribution is 0.0720. The number of guanidine groups is 1. The first-order valence-electron chi connectivity index (χ1n) is 13.7. The summed E-state index contributed by atoms with van der Waals surface area (Å²) < 4.78 is 30.5. The summed E-state index contributed by atoms with van der Waals surface area (Å²) >= 11 is 6.61. The van der Waals surface area contributed by atoms with Gasteiger partial charge in [-0.25, -0.2) is 27.5 Å². The summed E-state index contributed by atoms with van der Waals surface area (Å²) in [4.78, 5) is 38.7. The number of piperidine rings is 1. The number of rotatable bonds is 7. The van der Waals surface area contributed by atoms with Crippen molar-refractivity contribution in [3.8, 4) is 17.0 Å². The molecule has 0 saturated carbocycles. The number of imidazole rings is 1. The summed E-state index contributed by atoms with van der Waals surface area (Å²) in [6.45, 7) is 1.39. The highest BCUT2D eigenvalue weighted by Gasteiger charge is 2.42. The van der Waals surface area contributed by atoms with Gasteiger partial charge in [-0.2, -0.15) is 0 Å². The van der Waals surface area contributed by atoms with E-state index in [1.807, 2.05) is 0 Å². The van der Waals surface area contributed by atoms with E-state index >= 15 is 0 Å². The van der Waals surface area contributed by atoms with Crippen molar-refractivity contribution in [3.05, 3.63) is 65.1 Å². The normalized spacial score (nSPS) is 19.7. The average Bonchev–Trinajstić information content (AvgIpc) is 3.57. The number of ether oxygens (including phenoxy) is 1. The number of halogens is 1. The van der Waals surface area contributed by atoms with Gasteiger partial charge in [0, 0.05) is 30.8 Å². The van der Waals surface area contributed by atoms with E-state index in [2.05, 4.69) is 9.98 Å². The Hall–Kier alpha value is -4.14. The molecule has 2 fully saturated rings. The van der Waals surface area contributed by atoms with Crippen molar-refractivity contribution in [2.75, 3.05) is 25.9 Å². The minimum atomic E-state index is -3.25. The minimum Gasteiger partial charge on any atom is -0.411 e. The Bertz CT molecular complexity index is 1630. The summed E-state index contributed by atoms with van der Waals surface area (Å²) in [5, 5.41) is 0.303. The van der Waals surface area contributed by atoms with E-state index in [-0.39, 0.29) is 29.5 Å². The van der Waals surface area contributed by atoms with Crippen LogP contribution in [0.2, 0.25) is 5.15 Å². The molecule has 3 heterocycles. The number of sulfonamides is 1. The fourth-order valence-corrected chi connectivity index (χ4v) is 7.00. The van der Waals surface area contributed by atoms with E-state index in [1.165, 1.54) is 10.6 Å². The number of nitrogens with one attached hydrogen (secondary N) is 1. The lowest BCUT2D eigenvalue weighted by atomic mass is 9.83. The van der Waals surface area contributed by atoms with Crippen LogP contribution in [0.4, 0.5) is 10.5 Å². The van der Waals surface area contributed by atoms with Gasteiger partial charge >= 0.3 is 6.09 Å². The Morgan fingerprint density at radius 2 is 1.67 bits per heavy atom. The molecule has 2 amide bonds. The maximum atomic E-state index is 13.9. The zero-order chi connectivity index (χ0) is 30.9. The van der Waals surface area contributed by atoms with Crippen molar-refractivity contribution in [1.82, 2.24) is 19.2 Å². The summed E-state index contributed by atoms with van der Waals surface area (Å²) in [6, 6.07) is 12.9. The van der Waals surface area contributed by atoms with E-state index in [0.29, 0.717) is 72.4 Å². The highest BCUT2D eigenvalue weighted by atomic mass is 35.5. The van der Waals surface area contributed by atoms with Crippen LogP contribution in [-0.4, -0.2) is 71.4 Å². The van der Waals surface area contributed by atoms with Crippen LogP contribution in [0.5, 0.6) is 5.75 Å². The van der Waals surface area contributed by atoms with Gasteiger partial charge in [0.25, 0.3) is 5.91 Å². The van der Waals surface area contributed by atoms with Crippen molar-refractivity contribution in [1.29, 1.82) is 0 Å². The lowest BCUT2D eigenvalue weighted by Crippen LogP contribution is -2.40. The van der Waals surface area contributed by atoms with Gasteiger partial charge in [-0.3, -0.25) is 4.79 Å². The monoisotopic (exact) mass is 628 g/mol. The van der Waals surface area contributed by atoms with Crippen molar-refractivity contribution in [2.45, 2.75) is 25.3 Å². The second-order valence-electron chi connectivity index (χ2n) is 10.8. The molecule has 0 spiro atoms. The quantitative estimate of drug-likeness (QED) is 0.226. The van der Waals surface area contributed by atoms with Gasteiger partial charge in [0.15, 0.2) is 5.96 Å². The third-order valence-electron chi connectivity index (χ3n) is 7.94. The first-order valence-corrected chi connectivity index (χ1v) is 15.9. The molecule has 15 heteroatoms. The molecular weight excluding hydrogens is 596 g/mol. The van der Waals surface area contributed by atoms with E-state index < -0.39 is 22.2 Å². The SMILES string of the molecule is CS(=O)(=O)N1CCC([C@H]2C[C@@H](c3nc(-c4ccc(OC(N)=O)cc4)c(Cl)[nH]3)N(C(=O)c3ccc(N=C(N)N)cc3)C2)CC1. The molecule has 0 unspecified atom stereocenters. The highest BCUT2D eigenvalue weighted by Crippen LogP contribution is 2.43. The van der Waals surface area contributed by atoms with Crippen molar-refractivity contribution >= 4 is 45.3 Å². The predicted molar refractivity (Wildman–Crippen MR) is 162 cm³/mol. The molecule has 2 aliphatic heterocycles. The van der Waals surface area contributed by atoms with E-state index in [9.17, 15) is 18.0 Å². The summed E-state index contributed by atoms with van der Waals surface area (Å²) in [7, 11) is -3.25. The second-order valence-corrected chi connectivity index (χ2v) is 13.1. The van der Waals surface area contributed by atoms with Gasteiger partial charge in [-0.05, 0) is 79.6 Å². The molecule has 0 aliphatic carbocycles. The maximum absolute atomic E-state index is 13.9. The Labute approximate surface area is 254 Å². The molecule has 13 nitrogen and oxygen atoms in total. The average molecular weight is 629 g/mol. The van der Waals surface area contributed by atoms with Gasteiger partial charge in [-0.15, -0.1) is 0 Å². The number of amides is 2. The number of primary amides is 1. The smallest absolute Gasteiger partial charge is 0.409 e. The molecule has 228 valence electrons. The highest BCUT2D eigenvalue weighted by molar-refractivity contribution is 7.88. The second kappa shape index (κ2) is 12.2. The standard InChI is InChI=1S/C28H33ClN8O5S/c1-43(40,41)36-12-10-16(11-13-36)19-14-22(37(15-19)26(38)18-2-6-20(7-3-18)33-27(30)31)25-34-23(24(29)35-25)17-4-8-21(9-5-17)42-28(32)39/h2-9,16,19,22H,10-15H2,1H3,(H2,32,39)(H,34,35)(H4,30,31,33)/t19-,22-/m0/s1. The van der Waals surface area contributed by atoms with Gasteiger partial charge in [0.05, 0.1) is 18.0 Å². The van der Waals surface area contributed by atoms with Crippen LogP contribution in [-0.2, 0) is 10.0 Å². The minimum absolute atomic E-state index is 0.0796. The number of likely N-dealkylation sites (tertiary alicyclic amines) is 1. The van der Waals surface area contributed by atoms with Crippen LogP contribution in [0.15, 0.2) is 53.5 Å². The number of carbonyl (C=O) groups excluding carboxylic acids is 2. The third-order valence-corrected chi connectivity index (χ3v) is 9.52. The van der Waals surface area contributed by atoms with Crippen LogP contribution in [0.25, 0.3) is 11.3 Å². The molecule has 2 aliphatic rings. The van der Waals surface area contributed by atoms with E-state index in [4.69, 9.17) is 38.5 Å². The molecule has 0 bridgehead atoms. The van der Waals surface area contributed by atoms with Crippen molar-refractivity contribution in [3.63, 3.8) is 0 Å². The largest absolute Gasteiger partial charge is 0.411 e. The fraction of sp³-hybridized carbons (Fsp3) is 0.357. The van der Waals surface area contributed by atoms with Crippen LogP contribution in [0.3, 0.4) is 0 Å². The topological polar surface area (TPSA) is 203 Å². The number of aromatic amines is 1. The Kier molecular flexibility index (Phi) is 8.62. The molecule has 2 aromatic carbocycles. The van der Waals surface area contributed by atoms with Crippen LogP contribution < -0.4 is 21.9 Å². The lowest BCUT2D eigenvalue weighted by Gasteiger charge is -2.33. The number of hydrogen-bond donors (Lipinski definition) is 4. The molecule has 43 heavy (non-hydrogen) atoms. The number of benzene rings is 2. The van der Waals surface area contributed by atoms with Crippen LogP contribution >= 0.6 is 11.6 Å². The molecule has 2 saturated heterocycles. The van der Waals surface area contributed by atoms with Gasteiger partial charge in [0.1, 0.15) is 22.4 Å². The summed E-state index contributed by atoms with van der Waals surface area (Å²) in [5.74, 6) is 0.938. The number of aliphatic imine (C=N–C) groups is 1. The summed E-state index contributed by atoms with van der Waals surface area (Å²) in [5.41, 5.74) is 18.2. The number of nitrogens with zero attached hydrogens (tertiary/aromatic N) is 4. The van der Waals surface area contributed by atoms with Crippen molar-refractivity contribution in [2.24, 2.45) is 34.0 Å².